The summed E-state index contributed by atoms with van der Waals surface area (Å²) < 4.78 is 13.7. The van der Waals surface area contributed by atoms with Gasteiger partial charge in [-0.15, -0.1) is 0 Å². The number of hydrogen-bond donors (Lipinski definition) is 1. The lowest BCUT2D eigenvalue weighted by atomic mass is 10.1. The molecule has 0 unspecified atom stereocenters. The number of anilines is 1. The Morgan fingerprint density at radius 3 is 2.50 bits per heavy atom. The molecule has 0 heterocycles. The molecule has 0 bridgehead atoms. The van der Waals surface area contributed by atoms with Crippen LogP contribution in [-0.2, 0) is 6.54 Å². The number of benzene rings is 3. The minimum Gasteiger partial charge on any atom is -0.378 e. The van der Waals surface area contributed by atoms with Crippen LogP contribution in [0.1, 0.15) is 11.1 Å². The van der Waals surface area contributed by atoms with Gasteiger partial charge in [-0.05, 0) is 41.0 Å². The largest absolute Gasteiger partial charge is 0.378 e. The fraction of sp³-hybridized carbons (Fsp3) is 0.111. The quantitative estimate of drug-likeness (QED) is 0.710. The second kappa shape index (κ2) is 5.33. The predicted molar refractivity (Wildman–Crippen MR) is 82.4 cm³/mol. The molecule has 0 radical (unpaired) electrons. The summed E-state index contributed by atoms with van der Waals surface area (Å²) in [6.45, 7) is 2.53. The van der Waals surface area contributed by atoms with Crippen LogP contribution in [0.15, 0.2) is 60.7 Å². The van der Waals surface area contributed by atoms with Crippen LogP contribution in [0, 0.1) is 12.7 Å². The van der Waals surface area contributed by atoms with Gasteiger partial charge in [0.1, 0.15) is 5.82 Å². The zero-order valence-electron chi connectivity index (χ0n) is 11.4. The van der Waals surface area contributed by atoms with Gasteiger partial charge in [-0.2, -0.15) is 0 Å². The molecule has 0 aromatic heterocycles. The summed E-state index contributed by atoms with van der Waals surface area (Å²) in [5.74, 6) is -0.203. The average Bonchev–Trinajstić information content (AvgIpc) is 2.46. The molecule has 0 aliphatic carbocycles. The van der Waals surface area contributed by atoms with Crippen molar-refractivity contribution in [2.75, 3.05) is 5.32 Å². The van der Waals surface area contributed by atoms with E-state index in [1.165, 1.54) is 16.8 Å². The van der Waals surface area contributed by atoms with E-state index in [2.05, 4.69) is 35.6 Å². The minimum atomic E-state index is -0.203. The number of rotatable bonds is 3. The summed E-state index contributed by atoms with van der Waals surface area (Å²) in [5.41, 5.74) is 2.65. The van der Waals surface area contributed by atoms with E-state index in [4.69, 9.17) is 0 Å². The third-order valence-electron chi connectivity index (χ3n) is 3.51. The number of nitrogens with one attached hydrogen (secondary N) is 1. The predicted octanol–water partition coefficient (Wildman–Crippen LogP) is 4.90. The summed E-state index contributed by atoms with van der Waals surface area (Å²) in [7, 11) is 0. The monoisotopic (exact) mass is 265 g/mol. The summed E-state index contributed by atoms with van der Waals surface area (Å²) in [6, 6.07) is 19.7. The SMILES string of the molecule is Cc1cccc(F)c1NCc1ccc2ccccc2c1. The van der Waals surface area contributed by atoms with Crippen molar-refractivity contribution in [1.82, 2.24) is 0 Å². The molecule has 0 aliphatic rings. The molecule has 3 aromatic rings. The highest BCUT2D eigenvalue weighted by Gasteiger charge is 2.04. The van der Waals surface area contributed by atoms with E-state index in [0.29, 0.717) is 12.2 Å². The molecule has 0 aliphatic heterocycles. The van der Waals surface area contributed by atoms with E-state index in [9.17, 15) is 4.39 Å². The van der Waals surface area contributed by atoms with Gasteiger partial charge in [0.15, 0.2) is 0 Å². The van der Waals surface area contributed by atoms with Gasteiger partial charge in [0.2, 0.25) is 0 Å². The molecule has 100 valence electrons. The van der Waals surface area contributed by atoms with Crippen LogP contribution in [-0.4, -0.2) is 0 Å². The van der Waals surface area contributed by atoms with Crippen molar-refractivity contribution in [1.29, 1.82) is 0 Å². The molecule has 0 atom stereocenters. The minimum absolute atomic E-state index is 0.203. The van der Waals surface area contributed by atoms with Gasteiger partial charge in [0.25, 0.3) is 0 Å². The van der Waals surface area contributed by atoms with Gasteiger partial charge in [-0.25, -0.2) is 4.39 Å². The summed E-state index contributed by atoms with van der Waals surface area (Å²) >= 11 is 0. The first-order valence-corrected chi connectivity index (χ1v) is 6.71. The smallest absolute Gasteiger partial charge is 0.146 e. The van der Waals surface area contributed by atoms with E-state index in [1.807, 2.05) is 25.1 Å². The summed E-state index contributed by atoms with van der Waals surface area (Å²) in [5, 5.41) is 5.61. The first-order valence-electron chi connectivity index (χ1n) is 6.71. The van der Waals surface area contributed by atoms with E-state index in [-0.39, 0.29) is 5.82 Å². The third-order valence-corrected chi connectivity index (χ3v) is 3.51. The van der Waals surface area contributed by atoms with Gasteiger partial charge < -0.3 is 5.32 Å². The van der Waals surface area contributed by atoms with Crippen molar-refractivity contribution in [3.8, 4) is 0 Å². The van der Waals surface area contributed by atoms with Crippen LogP contribution in [0.5, 0.6) is 0 Å². The highest BCUT2D eigenvalue weighted by atomic mass is 19.1. The zero-order chi connectivity index (χ0) is 13.9. The van der Waals surface area contributed by atoms with Crippen molar-refractivity contribution in [2.24, 2.45) is 0 Å². The zero-order valence-corrected chi connectivity index (χ0v) is 11.4. The van der Waals surface area contributed by atoms with Gasteiger partial charge >= 0.3 is 0 Å². The van der Waals surface area contributed by atoms with Crippen molar-refractivity contribution in [3.63, 3.8) is 0 Å². The molecular formula is C18H16FN. The van der Waals surface area contributed by atoms with Crippen LogP contribution in [0.3, 0.4) is 0 Å². The molecule has 0 amide bonds. The Kier molecular flexibility index (Phi) is 3.38. The van der Waals surface area contributed by atoms with E-state index in [1.54, 1.807) is 6.07 Å². The van der Waals surface area contributed by atoms with Gasteiger partial charge in [-0.3, -0.25) is 0 Å². The maximum absolute atomic E-state index is 13.7. The number of aryl methyl sites for hydroxylation is 1. The number of hydrogen-bond acceptors (Lipinski definition) is 1. The van der Waals surface area contributed by atoms with Gasteiger partial charge in [-0.1, -0.05) is 48.5 Å². The van der Waals surface area contributed by atoms with Crippen LogP contribution in [0.25, 0.3) is 10.8 Å². The number of para-hydroxylation sites is 1. The highest BCUT2D eigenvalue weighted by Crippen LogP contribution is 2.21. The first-order chi connectivity index (χ1) is 9.74. The first kappa shape index (κ1) is 12.7. The molecule has 1 N–H and O–H groups in total. The Labute approximate surface area is 118 Å². The topological polar surface area (TPSA) is 12.0 Å². The van der Waals surface area contributed by atoms with Crippen molar-refractivity contribution < 1.29 is 4.39 Å². The third kappa shape index (κ3) is 2.50. The van der Waals surface area contributed by atoms with Crippen molar-refractivity contribution in [3.05, 3.63) is 77.6 Å². The Bertz CT molecular complexity index is 729. The lowest BCUT2D eigenvalue weighted by Crippen LogP contribution is -2.03. The summed E-state index contributed by atoms with van der Waals surface area (Å²) in [4.78, 5) is 0. The standard InChI is InChI=1S/C18H16FN/c1-13-5-4-8-17(19)18(13)20-12-14-9-10-15-6-2-3-7-16(15)11-14/h2-11,20H,12H2,1H3. The fourth-order valence-electron chi connectivity index (χ4n) is 2.40. The van der Waals surface area contributed by atoms with Crippen molar-refractivity contribution >= 4 is 16.5 Å². The molecule has 0 spiro atoms. The average molecular weight is 265 g/mol. The Balaban J connectivity index is 1.83. The number of halogens is 1. The molecule has 3 rings (SSSR count). The van der Waals surface area contributed by atoms with E-state index in [0.717, 1.165) is 11.1 Å². The second-order valence-electron chi connectivity index (χ2n) is 4.97. The molecule has 1 nitrogen and oxygen atoms in total. The van der Waals surface area contributed by atoms with Gasteiger partial charge in [0, 0.05) is 6.54 Å². The Morgan fingerprint density at radius 2 is 1.70 bits per heavy atom. The van der Waals surface area contributed by atoms with Crippen molar-refractivity contribution in [2.45, 2.75) is 13.5 Å². The summed E-state index contributed by atoms with van der Waals surface area (Å²) in [6.07, 6.45) is 0. The highest BCUT2D eigenvalue weighted by molar-refractivity contribution is 5.83. The Morgan fingerprint density at radius 1 is 0.900 bits per heavy atom. The normalized spacial score (nSPS) is 10.7. The van der Waals surface area contributed by atoms with Gasteiger partial charge in [0.05, 0.1) is 5.69 Å². The lowest BCUT2D eigenvalue weighted by molar-refractivity contribution is 0.629. The fourth-order valence-corrected chi connectivity index (χ4v) is 2.40. The lowest BCUT2D eigenvalue weighted by Gasteiger charge is -2.11. The van der Waals surface area contributed by atoms with E-state index < -0.39 is 0 Å². The Hall–Kier alpha value is -2.35. The maximum Gasteiger partial charge on any atom is 0.146 e. The molecule has 3 aromatic carbocycles. The molecule has 2 heteroatoms. The molecule has 0 saturated carbocycles. The van der Waals surface area contributed by atoms with Crippen LogP contribution < -0.4 is 5.32 Å². The van der Waals surface area contributed by atoms with Crippen LogP contribution in [0.4, 0.5) is 10.1 Å². The second-order valence-corrected chi connectivity index (χ2v) is 4.97. The molecule has 0 saturated heterocycles. The van der Waals surface area contributed by atoms with E-state index >= 15 is 0 Å². The molecular weight excluding hydrogens is 249 g/mol. The maximum atomic E-state index is 13.7. The van der Waals surface area contributed by atoms with Crippen LogP contribution >= 0.6 is 0 Å². The molecule has 0 fully saturated rings. The molecule has 20 heavy (non-hydrogen) atoms. The van der Waals surface area contributed by atoms with Crippen LogP contribution in [0.2, 0.25) is 0 Å². The number of fused-ring (bicyclic) bond motifs is 1.